The number of rotatable bonds is 4. The zero-order valence-corrected chi connectivity index (χ0v) is 14.1. The quantitative estimate of drug-likeness (QED) is 0.858. The van der Waals surface area contributed by atoms with Crippen molar-refractivity contribution in [2.75, 3.05) is 5.32 Å². The van der Waals surface area contributed by atoms with Gasteiger partial charge in [-0.05, 0) is 36.6 Å². The molecule has 0 atom stereocenters. The molecule has 2 aromatic rings. The topological polar surface area (TPSA) is 61.6 Å². The minimum absolute atomic E-state index is 0.441. The molecule has 0 aliphatic heterocycles. The maximum Gasteiger partial charge on any atom is 0.171 e. The molecule has 0 saturated heterocycles. The Kier molecular flexibility index (Phi) is 5.16. The first-order valence-electron chi connectivity index (χ1n) is 6.61. The molecule has 0 fully saturated rings. The third kappa shape index (κ3) is 3.34. The van der Waals surface area contributed by atoms with E-state index in [4.69, 9.17) is 11.6 Å². The molecule has 1 aromatic carbocycles. The van der Waals surface area contributed by atoms with Crippen molar-refractivity contribution in [1.82, 2.24) is 10.2 Å². The number of halogens is 2. The number of anilines is 2. The summed E-state index contributed by atoms with van der Waals surface area (Å²) < 4.78 is 0.889. The van der Waals surface area contributed by atoms with E-state index in [0.29, 0.717) is 22.1 Å². The van der Waals surface area contributed by atoms with E-state index in [1.807, 2.05) is 26.0 Å². The fourth-order valence-electron chi connectivity index (χ4n) is 2.10. The van der Waals surface area contributed by atoms with Gasteiger partial charge in [0.05, 0.1) is 16.4 Å². The van der Waals surface area contributed by atoms with E-state index in [9.17, 15) is 5.26 Å². The average Bonchev–Trinajstić information content (AvgIpc) is 2.49. The number of aryl methyl sites for hydroxylation is 1. The van der Waals surface area contributed by atoms with Crippen molar-refractivity contribution in [2.45, 2.75) is 26.7 Å². The largest absolute Gasteiger partial charge is 0.336 e. The Balaban J connectivity index is 2.47. The lowest BCUT2D eigenvalue weighted by atomic mass is 10.0. The molecular weight excluding hydrogens is 352 g/mol. The van der Waals surface area contributed by atoms with Gasteiger partial charge in [-0.1, -0.05) is 41.4 Å². The van der Waals surface area contributed by atoms with E-state index in [0.717, 1.165) is 28.6 Å². The van der Waals surface area contributed by atoms with Crippen LogP contribution in [0, 0.1) is 11.3 Å². The standard InChI is InChI=1S/C15H14BrClN4/c1-3-10-11(8-18)15(21-20-13(10)4-2)19-14-6-5-9(16)7-12(14)17/h5-7H,3-4H2,1-2H3,(H,19,21). The molecule has 0 amide bonds. The van der Waals surface area contributed by atoms with Crippen molar-refractivity contribution in [3.05, 3.63) is 44.5 Å². The molecule has 6 heteroatoms. The lowest BCUT2D eigenvalue weighted by Crippen LogP contribution is -2.07. The fourth-order valence-corrected chi connectivity index (χ4v) is 2.82. The number of benzene rings is 1. The summed E-state index contributed by atoms with van der Waals surface area (Å²) in [5.74, 6) is 0.441. The molecule has 108 valence electrons. The Labute approximate surface area is 137 Å². The summed E-state index contributed by atoms with van der Waals surface area (Å²) in [5.41, 5.74) is 3.02. The molecule has 0 saturated carbocycles. The molecule has 21 heavy (non-hydrogen) atoms. The molecule has 2 rings (SSSR count). The molecule has 1 aromatic heterocycles. The SMILES string of the molecule is CCc1nnc(Nc2ccc(Br)cc2Cl)c(C#N)c1CC. The Bertz CT molecular complexity index is 710. The molecule has 0 radical (unpaired) electrons. The van der Waals surface area contributed by atoms with Gasteiger partial charge in [-0.2, -0.15) is 10.4 Å². The highest BCUT2D eigenvalue weighted by Crippen LogP contribution is 2.30. The zero-order chi connectivity index (χ0) is 15.4. The van der Waals surface area contributed by atoms with E-state index in [2.05, 4.69) is 37.5 Å². The Morgan fingerprint density at radius 1 is 1.29 bits per heavy atom. The normalized spacial score (nSPS) is 10.2. The summed E-state index contributed by atoms with van der Waals surface area (Å²) in [6.45, 7) is 4.01. The summed E-state index contributed by atoms with van der Waals surface area (Å²) in [7, 11) is 0. The number of nitriles is 1. The predicted octanol–water partition coefficient (Wildman–Crippen LogP) is 4.63. The third-order valence-corrected chi connectivity index (χ3v) is 3.95. The van der Waals surface area contributed by atoms with Crippen LogP contribution >= 0.6 is 27.5 Å². The minimum atomic E-state index is 0.441. The molecule has 0 spiro atoms. The first-order chi connectivity index (χ1) is 10.1. The van der Waals surface area contributed by atoms with Crippen LogP contribution in [-0.2, 0) is 12.8 Å². The second-order valence-electron chi connectivity index (χ2n) is 4.42. The van der Waals surface area contributed by atoms with E-state index in [-0.39, 0.29) is 0 Å². The second-order valence-corrected chi connectivity index (χ2v) is 5.74. The van der Waals surface area contributed by atoms with Gasteiger partial charge >= 0.3 is 0 Å². The van der Waals surface area contributed by atoms with E-state index in [1.54, 1.807) is 6.07 Å². The summed E-state index contributed by atoms with van der Waals surface area (Å²) in [4.78, 5) is 0. The number of hydrogen-bond donors (Lipinski definition) is 1. The van der Waals surface area contributed by atoms with Crippen molar-refractivity contribution in [1.29, 1.82) is 5.26 Å². The third-order valence-electron chi connectivity index (χ3n) is 3.14. The summed E-state index contributed by atoms with van der Waals surface area (Å²) >= 11 is 9.54. The first kappa shape index (κ1) is 15.7. The molecule has 1 heterocycles. The van der Waals surface area contributed by atoms with Crippen molar-refractivity contribution < 1.29 is 0 Å². The maximum absolute atomic E-state index is 9.44. The van der Waals surface area contributed by atoms with Crippen LogP contribution in [0.15, 0.2) is 22.7 Å². The molecule has 0 aliphatic carbocycles. The zero-order valence-electron chi connectivity index (χ0n) is 11.7. The highest BCUT2D eigenvalue weighted by atomic mass is 79.9. The van der Waals surface area contributed by atoms with Crippen LogP contribution in [0.25, 0.3) is 0 Å². The molecular formula is C15H14BrClN4. The van der Waals surface area contributed by atoms with Crippen molar-refractivity contribution in [3.8, 4) is 6.07 Å². The number of aromatic nitrogens is 2. The van der Waals surface area contributed by atoms with Gasteiger partial charge in [-0.3, -0.25) is 0 Å². The second kappa shape index (κ2) is 6.88. The van der Waals surface area contributed by atoms with Gasteiger partial charge < -0.3 is 5.32 Å². The smallest absolute Gasteiger partial charge is 0.171 e. The molecule has 0 aliphatic rings. The van der Waals surface area contributed by atoms with Gasteiger partial charge in [0.15, 0.2) is 5.82 Å². The molecule has 4 nitrogen and oxygen atoms in total. The number of nitrogens with one attached hydrogen (secondary N) is 1. The van der Waals surface area contributed by atoms with Gasteiger partial charge in [-0.15, -0.1) is 5.10 Å². The van der Waals surface area contributed by atoms with Gasteiger partial charge in [0, 0.05) is 4.47 Å². The first-order valence-corrected chi connectivity index (χ1v) is 7.78. The summed E-state index contributed by atoms with van der Waals surface area (Å²) in [6, 6.07) is 7.70. The van der Waals surface area contributed by atoms with Gasteiger partial charge in [0.25, 0.3) is 0 Å². The fraction of sp³-hybridized carbons (Fsp3) is 0.267. The Morgan fingerprint density at radius 2 is 2.05 bits per heavy atom. The lowest BCUT2D eigenvalue weighted by molar-refractivity contribution is 0.877. The minimum Gasteiger partial charge on any atom is -0.336 e. The van der Waals surface area contributed by atoms with Gasteiger partial charge in [0.2, 0.25) is 0 Å². The average molecular weight is 366 g/mol. The molecule has 1 N–H and O–H groups in total. The van der Waals surface area contributed by atoms with Crippen LogP contribution < -0.4 is 5.32 Å². The monoisotopic (exact) mass is 364 g/mol. The summed E-state index contributed by atoms with van der Waals surface area (Å²) in [5, 5.41) is 21.4. The van der Waals surface area contributed by atoms with Gasteiger partial charge in [0.1, 0.15) is 11.6 Å². The van der Waals surface area contributed by atoms with E-state index >= 15 is 0 Å². The van der Waals surface area contributed by atoms with Crippen LogP contribution in [0.1, 0.15) is 30.7 Å². The van der Waals surface area contributed by atoms with Crippen LogP contribution in [0.5, 0.6) is 0 Å². The predicted molar refractivity (Wildman–Crippen MR) is 87.9 cm³/mol. The van der Waals surface area contributed by atoms with Crippen molar-refractivity contribution in [2.24, 2.45) is 0 Å². The summed E-state index contributed by atoms with van der Waals surface area (Å²) in [6.07, 6.45) is 1.49. The van der Waals surface area contributed by atoms with E-state index in [1.165, 1.54) is 0 Å². The van der Waals surface area contributed by atoms with Crippen molar-refractivity contribution >= 4 is 39.0 Å². The Morgan fingerprint density at radius 3 is 2.62 bits per heavy atom. The van der Waals surface area contributed by atoms with Crippen molar-refractivity contribution in [3.63, 3.8) is 0 Å². The molecule has 0 unspecified atom stereocenters. The van der Waals surface area contributed by atoms with Crippen LogP contribution in [0.2, 0.25) is 5.02 Å². The highest BCUT2D eigenvalue weighted by Gasteiger charge is 2.15. The van der Waals surface area contributed by atoms with Gasteiger partial charge in [-0.25, -0.2) is 0 Å². The van der Waals surface area contributed by atoms with Crippen LogP contribution in [-0.4, -0.2) is 10.2 Å². The molecule has 0 bridgehead atoms. The Hall–Kier alpha value is -1.64. The van der Waals surface area contributed by atoms with Crippen LogP contribution in [0.3, 0.4) is 0 Å². The lowest BCUT2D eigenvalue weighted by Gasteiger charge is -2.13. The maximum atomic E-state index is 9.44. The van der Waals surface area contributed by atoms with E-state index < -0.39 is 0 Å². The highest BCUT2D eigenvalue weighted by molar-refractivity contribution is 9.10. The number of hydrogen-bond acceptors (Lipinski definition) is 4. The number of nitrogens with zero attached hydrogens (tertiary/aromatic N) is 3. The van der Waals surface area contributed by atoms with Crippen LogP contribution in [0.4, 0.5) is 11.5 Å².